The van der Waals surface area contributed by atoms with Crippen molar-refractivity contribution >= 4 is 42.6 Å². The Morgan fingerprint density at radius 3 is 2.56 bits per heavy atom. The van der Waals surface area contributed by atoms with Gasteiger partial charge >= 0.3 is 5.97 Å². The molecule has 0 saturated carbocycles. The summed E-state index contributed by atoms with van der Waals surface area (Å²) in [5, 5.41) is 14.8. The maximum atomic E-state index is 15.6. The number of aryl methyl sites for hydroxylation is 2. The van der Waals surface area contributed by atoms with Gasteiger partial charge in [-0.05, 0) is 89.3 Å². The molecule has 0 spiro atoms. The lowest BCUT2D eigenvalue weighted by Gasteiger charge is -2.30. The summed E-state index contributed by atoms with van der Waals surface area (Å²) in [6.07, 6.45) is 4.62. The molecule has 2 heterocycles. The maximum absolute atomic E-state index is 15.6. The number of nitrogens with one attached hydrogen (secondary N) is 1. The highest BCUT2D eigenvalue weighted by Crippen LogP contribution is 2.41. The Kier molecular flexibility index (Phi) is 12.7. The number of esters is 1. The Labute approximate surface area is 323 Å². The Morgan fingerprint density at radius 2 is 1.83 bits per heavy atom. The van der Waals surface area contributed by atoms with Gasteiger partial charge in [-0.3, -0.25) is 4.79 Å². The number of methoxy groups -OCH3 is 1. The summed E-state index contributed by atoms with van der Waals surface area (Å²) in [7, 11) is -0.390. The molecule has 0 radical (unpaired) electrons. The van der Waals surface area contributed by atoms with E-state index in [0.29, 0.717) is 47.9 Å². The number of aliphatic hydroxyl groups excluding tert-OH is 1. The van der Waals surface area contributed by atoms with Crippen LogP contribution in [0.1, 0.15) is 70.3 Å². The van der Waals surface area contributed by atoms with E-state index in [4.69, 9.17) is 19.6 Å². The summed E-state index contributed by atoms with van der Waals surface area (Å²) in [4.78, 5) is 20.0. The lowest BCUT2D eigenvalue weighted by molar-refractivity contribution is -0.145. The molecule has 5 rings (SSSR count). The van der Waals surface area contributed by atoms with Crippen molar-refractivity contribution in [1.29, 1.82) is 0 Å². The first-order valence-corrected chi connectivity index (χ1v) is 20.4. The van der Waals surface area contributed by atoms with E-state index >= 15 is 8.78 Å². The number of H-pyrrole nitrogens is 1. The van der Waals surface area contributed by atoms with Gasteiger partial charge in [0.1, 0.15) is 11.6 Å². The number of halogens is 3. The van der Waals surface area contributed by atoms with Gasteiger partial charge in [-0.25, -0.2) is 26.9 Å². The van der Waals surface area contributed by atoms with Crippen LogP contribution in [-0.2, 0) is 38.3 Å². The third kappa shape index (κ3) is 9.38. The molecular weight excluding hydrogens is 782 g/mol. The summed E-state index contributed by atoms with van der Waals surface area (Å²) >= 11 is 3.45. The average molecular weight is 830 g/mol. The topological polar surface area (TPSA) is 136 Å². The van der Waals surface area contributed by atoms with Gasteiger partial charge in [0.15, 0.2) is 33.1 Å². The van der Waals surface area contributed by atoms with E-state index in [1.807, 2.05) is 45.9 Å². The van der Waals surface area contributed by atoms with Crippen molar-refractivity contribution < 1.29 is 36.6 Å². The molecule has 0 aliphatic carbocycles. The highest BCUT2D eigenvalue weighted by Gasteiger charge is 2.36. The first-order chi connectivity index (χ1) is 25.5. The van der Waals surface area contributed by atoms with Gasteiger partial charge in [-0.15, -0.1) is 0 Å². The molecule has 54 heavy (non-hydrogen) atoms. The smallest absolute Gasteiger partial charge is 0.308 e. The second-order valence-electron chi connectivity index (χ2n) is 14.9. The van der Waals surface area contributed by atoms with Crippen molar-refractivity contribution in [3.63, 3.8) is 0 Å². The van der Waals surface area contributed by atoms with Crippen molar-refractivity contribution in [2.24, 2.45) is 18.4 Å². The zero-order valence-electron chi connectivity index (χ0n) is 31.4. The van der Waals surface area contributed by atoms with Gasteiger partial charge in [-0.2, -0.15) is 5.10 Å². The number of aromatic amines is 1. The molecule has 0 amide bonds. The number of aliphatic hydroxyl groups is 1. The highest BCUT2D eigenvalue weighted by molar-refractivity contribution is 9.10. The molecular formula is C40H47BrF2N4O6S. The van der Waals surface area contributed by atoms with Crippen LogP contribution in [0, 0.1) is 23.0 Å². The summed E-state index contributed by atoms with van der Waals surface area (Å²) in [5.74, 6) is -1.25. The van der Waals surface area contributed by atoms with Crippen molar-refractivity contribution in [2.45, 2.75) is 65.2 Å². The van der Waals surface area contributed by atoms with Crippen LogP contribution in [0.15, 0.2) is 65.3 Å². The predicted octanol–water partition coefficient (Wildman–Crippen LogP) is 8.45. The lowest BCUT2D eigenvalue weighted by atomic mass is 9.75. The molecule has 2 N–H and O–H groups in total. The van der Waals surface area contributed by atoms with Crippen LogP contribution in [0.25, 0.3) is 22.3 Å². The SMILES string of the molecule is COC(=O)C(C)CCc1cccc(C(C)(CCCC(C)(C)CS(=O)(=O)CCO)c2nc(-c3cc(Oc4c(F)cc5[nH]ccc5c4Br)ccc3F)n(C)n2)c1. The van der Waals surface area contributed by atoms with E-state index < -0.39 is 38.9 Å². The Morgan fingerprint density at radius 1 is 1.07 bits per heavy atom. The summed E-state index contributed by atoms with van der Waals surface area (Å²) in [6.45, 7) is 7.23. The largest absolute Gasteiger partial charge is 0.469 e. The van der Waals surface area contributed by atoms with Crippen molar-refractivity contribution in [1.82, 2.24) is 19.7 Å². The molecule has 2 aromatic heterocycles. The Hall–Kier alpha value is -4.14. The number of carbonyl (C=O) groups is 1. The van der Waals surface area contributed by atoms with Gasteiger partial charge in [0, 0.05) is 30.2 Å². The molecule has 14 heteroatoms. The first-order valence-electron chi connectivity index (χ1n) is 17.8. The number of aromatic nitrogens is 4. The zero-order valence-corrected chi connectivity index (χ0v) is 33.8. The highest BCUT2D eigenvalue weighted by atomic mass is 79.9. The molecule has 2 unspecified atom stereocenters. The van der Waals surface area contributed by atoms with E-state index in [0.717, 1.165) is 16.5 Å². The number of carbonyl (C=O) groups excluding carboxylic acids is 1. The quantitative estimate of drug-likeness (QED) is 0.0892. The predicted molar refractivity (Wildman–Crippen MR) is 208 cm³/mol. The number of sulfone groups is 1. The van der Waals surface area contributed by atoms with Gasteiger partial charge in [0.05, 0.1) is 46.6 Å². The molecule has 0 saturated heterocycles. The van der Waals surface area contributed by atoms with Crippen LogP contribution < -0.4 is 4.74 Å². The molecule has 2 atom stereocenters. The molecule has 3 aromatic carbocycles. The molecule has 5 aromatic rings. The number of benzene rings is 3. The fraction of sp³-hybridized carbons (Fsp3) is 0.425. The average Bonchev–Trinajstić information content (AvgIpc) is 3.75. The van der Waals surface area contributed by atoms with Crippen molar-refractivity contribution in [3.8, 4) is 22.9 Å². The fourth-order valence-corrected chi connectivity index (χ4v) is 9.25. The summed E-state index contributed by atoms with van der Waals surface area (Å²) in [5.41, 5.74) is 1.26. The van der Waals surface area contributed by atoms with E-state index in [1.54, 1.807) is 19.3 Å². The van der Waals surface area contributed by atoms with Crippen LogP contribution in [0.3, 0.4) is 0 Å². The van der Waals surface area contributed by atoms with Crippen LogP contribution in [0.4, 0.5) is 8.78 Å². The van der Waals surface area contributed by atoms with Gasteiger partial charge < -0.3 is 19.6 Å². The molecule has 0 aliphatic rings. The van der Waals surface area contributed by atoms with E-state index in [1.165, 1.54) is 36.1 Å². The minimum absolute atomic E-state index is 0.0427. The second-order valence-corrected chi connectivity index (χ2v) is 17.9. The normalized spacial score (nSPS) is 13.9. The second kappa shape index (κ2) is 16.7. The van der Waals surface area contributed by atoms with E-state index in [9.17, 15) is 18.3 Å². The third-order valence-corrected chi connectivity index (χ3v) is 12.7. The minimum Gasteiger partial charge on any atom is -0.469 e. The fourth-order valence-electron chi connectivity index (χ4n) is 6.87. The Bertz CT molecular complexity index is 2240. The van der Waals surface area contributed by atoms with Gasteiger partial charge in [0.2, 0.25) is 0 Å². The minimum atomic E-state index is -3.44. The van der Waals surface area contributed by atoms with Crippen LogP contribution in [-0.4, -0.2) is 64.5 Å². The molecule has 0 aliphatic heterocycles. The monoisotopic (exact) mass is 828 g/mol. The lowest BCUT2D eigenvalue weighted by Crippen LogP contribution is -2.29. The van der Waals surface area contributed by atoms with Crippen molar-refractivity contribution in [3.05, 3.63) is 93.9 Å². The number of hydrogen-bond acceptors (Lipinski definition) is 8. The molecule has 10 nitrogen and oxygen atoms in total. The first kappa shape index (κ1) is 41.0. The summed E-state index contributed by atoms with van der Waals surface area (Å²) in [6, 6.07) is 15.2. The van der Waals surface area contributed by atoms with Crippen LogP contribution >= 0.6 is 15.9 Å². The van der Waals surface area contributed by atoms with E-state index in [2.05, 4.69) is 27.0 Å². The number of nitrogens with zero attached hydrogens (tertiary/aromatic N) is 3. The molecule has 290 valence electrons. The third-order valence-electron chi connectivity index (χ3n) is 9.93. The standard InChI is InChI=1S/C40H47BrF2N4O6S/c1-25(37(49)52-6)11-12-26-9-7-10-27(21-26)40(4,17-8-16-39(2,3)24-54(50,51)20-19-48)38-45-36(47(5)46-38)30-22-28(13-14-31(30)42)53-35-32(43)23-33-29(34(35)41)15-18-44-33/h7,9-10,13-15,18,21-23,25,44,48H,8,11-12,16-17,19-20,24H2,1-6H3. The van der Waals surface area contributed by atoms with Crippen molar-refractivity contribution in [2.75, 3.05) is 25.2 Å². The number of rotatable bonds is 17. The number of hydrogen-bond donors (Lipinski definition) is 2. The molecule has 0 bridgehead atoms. The summed E-state index contributed by atoms with van der Waals surface area (Å²) < 4.78 is 68.7. The van der Waals surface area contributed by atoms with E-state index in [-0.39, 0.29) is 46.3 Å². The van der Waals surface area contributed by atoms with Gasteiger partial charge in [-0.1, -0.05) is 51.5 Å². The van der Waals surface area contributed by atoms with Gasteiger partial charge in [0.25, 0.3) is 0 Å². The van der Waals surface area contributed by atoms with Crippen LogP contribution in [0.5, 0.6) is 11.5 Å². The molecule has 0 fully saturated rings. The number of fused-ring (bicyclic) bond motifs is 1. The number of ether oxygens (including phenoxy) is 2. The zero-order chi connectivity index (χ0) is 39.4. The van der Waals surface area contributed by atoms with Crippen LogP contribution in [0.2, 0.25) is 0 Å². The maximum Gasteiger partial charge on any atom is 0.308 e. The Balaban J connectivity index is 1.49.